The summed E-state index contributed by atoms with van der Waals surface area (Å²) in [4.78, 5) is 61.9. The van der Waals surface area contributed by atoms with Gasteiger partial charge < -0.3 is 35.8 Å². The van der Waals surface area contributed by atoms with Crippen LogP contribution in [-0.4, -0.2) is 71.5 Å². The normalized spacial score (nSPS) is 12.8. The molecule has 0 aromatic rings. The molecule has 0 rings (SSSR count). The Morgan fingerprint density at radius 2 is 0.920 bits per heavy atom. The summed E-state index contributed by atoms with van der Waals surface area (Å²) in [6.07, 6.45) is 18.4. The highest BCUT2D eigenvalue weighted by molar-refractivity contribution is 5.90. The second-order valence-electron chi connectivity index (χ2n) is 15.4. The molecule has 0 saturated heterocycles. The fraction of sp³-hybridized carbons (Fsp3) is 0.868. The molecule has 50 heavy (non-hydrogen) atoms. The lowest BCUT2D eigenvalue weighted by Crippen LogP contribution is -2.52. The van der Waals surface area contributed by atoms with Crippen molar-refractivity contribution >= 4 is 30.0 Å². The van der Waals surface area contributed by atoms with E-state index in [2.05, 4.69) is 28.2 Å². The summed E-state index contributed by atoms with van der Waals surface area (Å²) in [7, 11) is 0. The average Bonchev–Trinajstić information content (AvgIpc) is 3.00. The first kappa shape index (κ1) is 47.0. The van der Waals surface area contributed by atoms with Crippen molar-refractivity contribution in [2.45, 2.75) is 200 Å². The van der Waals surface area contributed by atoms with Gasteiger partial charge >= 0.3 is 18.2 Å². The van der Waals surface area contributed by atoms with E-state index in [1.54, 1.807) is 41.5 Å². The first-order valence-corrected chi connectivity index (χ1v) is 19.3. The molecule has 0 aliphatic carbocycles. The number of alkyl carbamates (subject to hydrolysis) is 2. The zero-order valence-electron chi connectivity index (χ0n) is 32.5. The van der Waals surface area contributed by atoms with Gasteiger partial charge in [0.1, 0.15) is 23.3 Å². The number of ether oxygens (including phenoxy) is 2. The summed E-state index contributed by atoms with van der Waals surface area (Å²) in [5, 5.41) is 20.3. The van der Waals surface area contributed by atoms with Gasteiger partial charge in [0.05, 0.1) is 0 Å². The number of carboxylic acids is 1. The fourth-order valence-corrected chi connectivity index (χ4v) is 5.34. The second kappa shape index (κ2) is 27.6. The molecule has 2 atom stereocenters. The molecule has 0 aliphatic heterocycles. The van der Waals surface area contributed by atoms with E-state index in [1.165, 1.54) is 70.6 Å². The van der Waals surface area contributed by atoms with Gasteiger partial charge in [-0.3, -0.25) is 9.59 Å². The topological polar surface area (TPSA) is 172 Å². The molecule has 12 heteroatoms. The van der Waals surface area contributed by atoms with Crippen LogP contribution in [0.1, 0.15) is 177 Å². The average molecular weight is 713 g/mol. The molecule has 292 valence electrons. The van der Waals surface area contributed by atoms with Crippen LogP contribution in [0.25, 0.3) is 0 Å². The zero-order valence-corrected chi connectivity index (χ0v) is 32.5. The lowest BCUT2D eigenvalue weighted by molar-refractivity contribution is -0.142. The molecule has 0 aromatic heterocycles. The van der Waals surface area contributed by atoms with Crippen molar-refractivity contribution in [3.63, 3.8) is 0 Å². The highest BCUT2D eigenvalue weighted by Crippen LogP contribution is 2.14. The first-order valence-electron chi connectivity index (χ1n) is 19.3. The van der Waals surface area contributed by atoms with Gasteiger partial charge in [-0.05, 0) is 73.6 Å². The number of unbranched alkanes of at least 4 members (excludes halogenated alkanes) is 14. The standard InChI is InChI=1S/C38H72N4O8/c1-8-9-10-11-12-13-14-15-16-17-18-19-20-21-22-27-32(43)41-30(25-23-28-39-35(47)49-37(2,3)4)33(44)42-31(34(45)46)26-24-29-40-36(48)50-38(5,6)7/h30-31H,8-29H2,1-7H3,(H,39,47)(H,40,48)(H,41,43)(H,42,44)(H,45,46). The molecule has 0 spiro atoms. The molecule has 0 saturated carbocycles. The van der Waals surface area contributed by atoms with E-state index in [9.17, 15) is 29.1 Å². The van der Waals surface area contributed by atoms with E-state index in [1.807, 2.05) is 0 Å². The lowest BCUT2D eigenvalue weighted by atomic mass is 10.0. The molecular weight excluding hydrogens is 640 g/mol. The summed E-state index contributed by atoms with van der Waals surface area (Å²) in [5.74, 6) is -2.10. The highest BCUT2D eigenvalue weighted by Gasteiger charge is 2.26. The molecule has 4 amide bonds. The number of hydrogen-bond acceptors (Lipinski definition) is 7. The molecule has 0 fully saturated rings. The summed E-state index contributed by atoms with van der Waals surface area (Å²) >= 11 is 0. The monoisotopic (exact) mass is 713 g/mol. The molecule has 0 heterocycles. The summed E-state index contributed by atoms with van der Waals surface area (Å²) < 4.78 is 10.4. The van der Waals surface area contributed by atoms with Crippen molar-refractivity contribution < 1.29 is 38.6 Å². The van der Waals surface area contributed by atoms with Crippen LogP contribution in [0.15, 0.2) is 0 Å². The van der Waals surface area contributed by atoms with Crippen LogP contribution < -0.4 is 21.3 Å². The van der Waals surface area contributed by atoms with Gasteiger partial charge in [-0.2, -0.15) is 0 Å². The smallest absolute Gasteiger partial charge is 0.407 e. The highest BCUT2D eigenvalue weighted by atomic mass is 16.6. The van der Waals surface area contributed by atoms with Crippen LogP contribution in [0.4, 0.5) is 9.59 Å². The third kappa shape index (κ3) is 29.8. The maximum absolute atomic E-state index is 13.2. The van der Waals surface area contributed by atoms with E-state index in [0.717, 1.165) is 19.3 Å². The van der Waals surface area contributed by atoms with Crippen molar-refractivity contribution in [2.75, 3.05) is 13.1 Å². The van der Waals surface area contributed by atoms with Gasteiger partial charge in [0, 0.05) is 19.5 Å². The van der Waals surface area contributed by atoms with Crippen LogP contribution in [0.2, 0.25) is 0 Å². The Morgan fingerprint density at radius 3 is 1.30 bits per heavy atom. The van der Waals surface area contributed by atoms with E-state index >= 15 is 0 Å². The number of aliphatic carboxylic acids is 1. The van der Waals surface area contributed by atoms with E-state index in [0.29, 0.717) is 12.8 Å². The van der Waals surface area contributed by atoms with Gasteiger partial charge in [0.2, 0.25) is 11.8 Å². The number of carbonyl (C=O) groups excluding carboxylic acids is 4. The van der Waals surface area contributed by atoms with Crippen molar-refractivity contribution in [1.82, 2.24) is 21.3 Å². The van der Waals surface area contributed by atoms with Gasteiger partial charge in [-0.25, -0.2) is 14.4 Å². The summed E-state index contributed by atoms with van der Waals surface area (Å²) in [6, 6.07) is -2.18. The van der Waals surface area contributed by atoms with Crippen molar-refractivity contribution in [3.8, 4) is 0 Å². The van der Waals surface area contributed by atoms with Gasteiger partial charge in [0.25, 0.3) is 0 Å². The van der Waals surface area contributed by atoms with Crippen molar-refractivity contribution in [2.24, 2.45) is 0 Å². The van der Waals surface area contributed by atoms with E-state index in [-0.39, 0.29) is 44.7 Å². The summed E-state index contributed by atoms with van der Waals surface area (Å²) in [5.41, 5.74) is -1.31. The van der Waals surface area contributed by atoms with Crippen LogP contribution in [0.3, 0.4) is 0 Å². The Morgan fingerprint density at radius 1 is 0.540 bits per heavy atom. The first-order chi connectivity index (χ1) is 23.5. The zero-order chi connectivity index (χ0) is 37.8. The Kier molecular flexibility index (Phi) is 26.0. The Balaban J connectivity index is 4.71. The minimum Gasteiger partial charge on any atom is -0.480 e. The van der Waals surface area contributed by atoms with Crippen LogP contribution in [0.5, 0.6) is 0 Å². The predicted molar refractivity (Wildman–Crippen MR) is 198 cm³/mol. The van der Waals surface area contributed by atoms with Crippen LogP contribution in [-0.2, 0) is 23.9 Å². The van der Waals surface area contributed by atoms with Gasteiger partial charge in [-0.1, -0.05) is 96.8 Å². The minimum absolute atomic E-state index is 0.0663. The minimum atomic E-state index is -1.22. The maximum Gasteiger partial charge on any atom is 0.407 e. The molecule has 12 nitrogen and oxygen atoms in total. The lowest BCUT2D eigenvalue weighted by Gasteiger charge is -2.22. The van der Waals surface area contributed by atoms with Gasteiger partial charge in [-0.15, -0.1) is 0 Å². The Hall–Kier alpha value is -3.05. The largest absolute Gasteiger partial charge is 0.480 e. The number of carbonyl (C=O) groups is 5. The maximum atomic E-state index is 13.2. The number of nitrogens with one attached hydrogen (secondary N) is 4. The second-order valence-corrected chi connectivity index (χ2v) is 15.4. The molecular formula is C38H72N4O8. The predicted octanol–water partition coefficient (Wildman–Crippen LogP) is 7.91. The third-order valence-corrected chi connectivity index (χ3v) is 7.95. The third-order valence-electron chi connectivity index (χ3n) is 7.95. The van der Waals surface area contributed by atoms with Crippen molar-refractivity contribution in [3.05, 3.63) is 0 Å². The molecule has 2 unspecified atom stereocenters. The number of amides is 4. The number of hydrogen-bond donors (Lipinski definition) is 5. The van der Waals surface area contributed by atoms with Crippen LogP contribution >= 0.6 is 0 Å². The molecule has 0 aliphatic rings. The van der Waals surface area contributed by atoms with E-state index in [4.69, 9.17) is 9.47 Å². The fourth-order valence-electron chi connectivity index (χ4n) is 5.34. The Labute approximate surface area is 302 Å². The van der Waals surface area contributed by atoms with Crippen molar-refractivity contribution in [1.29, 1.82) is 0 Å². The number of rotatable bonds is 28. The number of carboxylic acid groups (broad SMARTS) is 1. The SMILES string of the molecule is CCCCCCCCCCCCCCCCCC(=O)NC(CCCNC(=O)OC(C)(C)C)C(=O)NC(CCCNC(=O)OC(C)(C)C)C(=O)O. The Bertz CT molecular complexity index is 961. The quantitative estimate of drug-likeness (QED) is 0.0509. The van der Waals surface area contributed by atoms with E-state index < -0.39 is 47.3 Å². The molecule has 0 radical (unpaired) electrons. The summed E-state index contributed by atoms with van der Waals surface area (Å²) in [6.45, 7) is 13.1. The van der Waals surface area contributed by atoms with Crippen LogP contribution in [0, 0.1) is 0 Å². The molecule has 0 bridgehead atoms. The molecule has 0 aromatic carbocycles. The van der Waals surface area contributed by atoms with Gasteiger partial charge in [0.15, 0.2) is 0 Å². The molecule has 5 N–H and O–H groups in total.